The number of carbonyl (C=O) groups is 1. The highest BCUT2D eigenvalue weighted by Crippen LogP contribution is 2.38. The maximum atomic E-state index is 13.9. The summed E-state index contributed by atoms with van der Waals surface area (Å²) in [5.74, 6) is 0.537. The Morgan fingerprint density at radius 1 is 1.00 bits per heavy atom. The normalized spacial score (nSPS) is 14.6. The molecule has 0 saturated carbocycles. The largest absolute Gasteiger partial charge is 0.322 e. The Hall–Kier alpha value is -4.36. The molecule has 5 aromatic rings. The quantitative estimate of drug-likeness (QED) is 0.286. The molecule has 3 heterocycles. The summed E-state index contributed by atoms with van der Waals surface area (Å²) in [6, 6.07) is 26.4. The number of urea groups is 1. The van der Waals surface area contributed by atoms with Crippen LogP contribution in [-0.2, 0) is 6.54 Å². The van der Waals surface area contributed by atoms with Gasteiger partial charge in [-0.2, -0.15) is 5.10 Å². The average Bonchev–Trinajstić information content (AvgIpc) is 3.46. The molecule has 0 aliphatic carbocycles. The Kier molecular flexibility index (Phi) is 5.77. The third kappa shape index (κ3) is 4.17. The summed E-state index contributed by atoms with van der Waals surface area (Å²) in [5, 5.41) is 8.37. The van der Waals surface area contributed by atoms with Crippen LogP contribution in [0.4, 0.5) is 14.9 Å². The SMILES string of the molecule is Cc1nn(-c2ccccc2)c2c1CN(C(=O)Nc1cccc(Cl)c1)C(c1ccc(F)cc1)c1cccn1-2. The number of hydrogen-bond donors (Lipinski definition) is 1. The smallest absolute Gasteiger partial charge is 0.308 e. The minimum atomic E-state index is -0.481. The predicted molar refractivity (Wildman–Crippen MR) is 142 cm³/mol. The van der Waals surface area contributed by atoms with E-state index in [1.54, 1.807) is 41.3 Å². The Morgan fingerprint density at radius 2 is 1.78 bits per heavy atom. The lowest BCUT2D eigenvalue weighted by Crippen LogP contribution is -2.38. The van der Waals surface area contributed by atoms with Crippen molar-refractivity contribution in [3.8, 4) is 11.5 Å². The van der Waals surface area contributed by atoms with Crippen LogP contribution in [-0.4, -0.2) is 25.3 Å². The first-order chi connectivity index (χ1) is 18.0. The van der Waals surface area contributed by atoms with Crippen LogP contribution in [0.15, 0.2) is 97.2 Å². The van der Waals surface area contributed by atoms with Crippen molar-refractivity contribution in [2.24, 2.45) is 0 Å². The maximum Gasteiger partial charge on any atom is 0.322 e. The topological polar surface area (TPSA) is 55.1 Å². The molecule has 1 N–H and O–H groups in total. The highest BCUT2D eigenvalue weighted by Gasteiger charge is 2.36. The predicted octanol–water partition coefficient (Wildman–Crippen LogP) is 6.90. The number of benzene rings is 3. The summed E-state index contributed by atoms with van der Waals surface area (Å²) in [5.41, 5.74) is 4.91. The van der Waals surface area contributed by atoms with E-state index in [0.29, 0.717) is 17.3 Å². The van der Waals surface area contributed by atoms with Crippen molar-refractivity contribution in [2.75, 3.05) is 5.32 Å². The van der Waals surface area contributed by atoms with Crippen molar-refractivity contribution < 1.29 is 9.18 Å². The molecule has 0 saturated heterocycles. The molecule has 3 aromatic carbocycles. The number of aryl methyl sites for hydroxylation is 1. The maximum absolute atomic E-state index is 13.9. The molecule has 6 nitrogen and oxygen atoms in total. The van der Waals surface area contributed by atoms with E-state index in [9.17, 15) is 9.18 Å². The van der Waals surface area contributed by atoms with Gasteiger partial charge in [-0.25, -0.2) is 13.9 Å². The summed E-state index contributed by atoms with van der Waals surface area (Å²) in [4.78, 5) is 15.6. The van der Waals surface area contributed by atoms with Crippen molar-refractivity contribution in [3.63, 3.8) is 0 Å². The second-order valence-electron chi connectivity index (χ2n) is 8.96. The molecule has 0 spiro atoms. The van der Waals surface area contributed by atoms with E-state index < -0.39 is 6.04 Å². The first kappa shape index (κ1) is 23.1. The highest BCUT2D eigenvalue weighted by molar-refractivity contribution is 6.30. The van der Waals surface area contributed by atoms with Crippen molar-refractivity contribution in [1.82, 2.24) is 19.2 Å². The summed E-state index contributed by atoms with van der Waals surface area (Å²) >= 11 is 6.17. The zero-order valence-electron chi connectivity index (χ0n) is 20.0. The van der Waals surface area contributed by atoms with Crippen molar-refractivity contribution in [1.29, 1.82) is 0 Å². The van der Waals surface area contributed by atoms with Gasteiger partial charge < -0.3 is 14.8 Å². The molecule has 0 radical (unpaired) electrons. The number of anilines is 1. The van der Waals surface area contributed by atoms with E-state index in [4.69, 9.17) is 16.7 Å². The van der Waals surface area contributed by atoms with E-state index in [0.717, 1.165) is 34.0 Å². The second-order valence-corrected chi connectivity index (χ2v) is 9.40. The number of halogens is 2. The number of aromatic nitrogens is 3. The monoisotopic (exact) mass is 511 g/mol. The highest BCUT2D eigenvalue weighted by atomic mass is 35.5. The molecule has 1 unspecified atom stereocenters. The molecule has 8 heteroatoms. The van der Waals surface area contributed by atoms with Crippen LogP contribution in [0.2, 0.25) is 5.02 Å². The van der Waals surface area contributed by atoms with Gasteiger partial charge >= 0.3 is 6.03 Å². The fourth-order valence-corrected chi connectivity index (χ4v) is 5.10. The van der Waals surface area contributed by atoms with Crippen LogP contribution in [0.1, 0.15) is 28.6 Å². The van der Waals surface area contributed by atoms with Gasteiger partial charge in [0.15, 0.2) is 0 Å². The number of nitrogens with one attached hydrogen (secondary N) is 1. The summed E-state index contributed by atoms with van der Waals surface area (Å²) in [6.45, 7) is 2.25. The first-order valence-electron chi connectivity index (χ1n) is 11.9. The number of carbonyl (C=O) groups excluding carboxylic acids is 1. The Morgan fingerprint density at radius 3 is 2.54 bits per heavy atom. The van der Waals surface area contributed by atoms with Gasteiger partial charge in [-0.3, -0.25) is 0 Å². The molecule has 0 bridgehead atoms. The van der Waals surface area contributed by atoms with Gasteiger partial charge in [-0.05, 0) is 67.1 Å². The van der Waals surface area contributed by atoms with Crippen LogP contribution in [0.5, 0.6) is 0 Å². The molecule has 37 heavy (non-hydrogen) atoms. The standard InChI is InChI=1S/C29H23ClFN5O/c1-19-25-18-35(29(37)32-23-8-5-7-21(30)17-23)27(20-12-14-22(31)15-13-20)26-11-6-16-34(26)28(25)36(33-19)24-9-3-2-4-10-24/h2-17,27H,18H2,1H3,(H,32,37). The molecule has 6 rings (SSSR count). The summed E-state index contributed by atoms with van der Waals surface area (Å²) in [7, 11) is 0. The van der Waals surface area contributed by atoms with Crippen molar-refractivity contribution in [2.45, 2.75) is 19.5 Å². The lowest BCUT2D eigenvalue weighted by molar-refractivity contribution is 0.194. The molecule has 1 atom stereocenters. The Labute approximate surface area is 218 Å². The summed E-state index contributed by atoms with van der Waals surface area (Å²) in [6.07, 6.45) is 1.98. The molecular weight excluding hydrogens is 489 g/mol. The van der Waals surface area contributed by atoms with Crippen molar-refractivity contribution in [3.05, 3.63) is 131 Å². The number of hydrogen-bond acceptors (Lipinski definition) is 2. The lowest BCUT2D eigenvalue weighted by Gasteiger charge is -2.31. The zero-order valence-corrected chi connectivity index (χ0v) is 20.7. The number of para-hydroxylation sites is 1. The first-order valence-corrected chi connectivity index (χ1v) is 12.3. The van der Waals surface area contributed by atoms with Gasteiger partial charge in [0.25, 0.3) is 0 Å². The molecule has 0 fully saturated rings. The fourth-order valence-electron chi connectivity index (χ4n) is 4.91. The number of amides is 2. The van der Waals surface area contributed by atoms with Gasteiger partial charge in [0.05, 0.1) is 29.7 Å². The van der Waals surface area contributed by atoms with Gasteiger partial charge in [0, 0.05) is 22.5 Å². The molecular formula is C29H23ClFN5O. The van der Waals surface area contributed by atoms with Crippen LogP contribution < -0.4 is 5.32 Å². The van der Waals surface area contributed by atoms with Crippen LogP contribution in [0.25, 0.3) is 11.5 Å². The van der Waals surface area contributed by atoms with Gasteiger partial charge in [0.2, 0.25) is 0 Å². The van der Waals surface area contributed by atoms with Gasteiger partial charge in [0.1, 0.15) is 11.6 Å². The van der Waals surface area contributed by atoms with Crippen molar-refractivity contribution >= 4 is 23.3 Å². The lowest BCUT2D eigenvalue weighted by atomic mass is 10.0. The Balaban J connectivity index is 1.53. The van der Waals surface area contributed by atoms with Crippen LogP contribution in [0, 0.1) is 12.7 Å². The van der Waals surface area contributed by atoms with E-state index in [2.05, 4.69) is 9.88 Å². The van der Waals surface area contributed by atoms with E-state index >= 15 is 0 Å². The molecule has 2 amide bonds. The van der Waals surface area contributed by atoms with Crippen LogP contribution in [0.3, 0.4) is 0 Å². The third-order valence-corrected chi connectivity index (χ3v) is 6.84. The van der Waals surface area contributed by atoms with E-state index in [-0.39, 0.29) is 11.8 Å². The average molecular weight is 512 g/mol. The molecule has 1 aliphatic heterocycles. The third-order valence-electron chi connectivity index (χ3n) is 6.61. The zero-order chi connectivity index (χ0) is 25.5. The number of nitrogens with zero attached hydrogens (tertiary/aromatic N) is 4. The molecule has 2 aromatic heterocycles. The summed E-state index contributed by atoms with van der Waals surface area (Å²) < 4.78 is 17.9. The second kappa shape index (κ2) is 9.26. The minimum Gasteiger partial charge on any atom is -0.308 e. The molecule has 184 valence electrons. The van der Waals surface area contributed by atoms with Crippen LogP contribution >= 0.6 is 11.6 Å². The van der Waals surface area contributed by atoms with Gasteiger partial charge in [-0.15, -0.1) is 0 Å². The fraction of sp³-hybridized carbons (Fsp3) is 0.103. The van der Waals surface area contributed by atoms with E-state index in [1.165, 1.54) is 12.1 Å². The Bertz CT molecular complexity index is 1590. The molecule has 1 aliphatic rings. The van der Waals surface area contributed by atoms with Gasteiger partial charge in [-0.1, -0.05) is 48.0 Å². The number of fused-ring (bicyclic) bond motifs is 3. The number of rotatable bonds is 3. The minimum absolute atomic E-state index is 0.296. The van der Waals surface area contributed by atoms with E-state index in [1.807, 2.05) is 60.3 Å².